The topological polar surface area (TPSA) is 50.4 Å². The number of nitrogens with one attached hydrogen (secondary N) is 2. The smallest absolute Gasteiger partial charge is 0.303 e. The summed E-state index contributed by atoms with van der Waals surface area (Å²) in [6, 6.07) is 5.35. The lowest BCUT2D eigenvalue weighted by molar-refractivity contribution is 0.0640. The molecule has 0 atom stereocenters. The molecule has 0 heterocycles. The predicted octanol–water partition coefficient (Wildman–Crippen LogP) is 2.68. The van der Waals surface area contributed by atoms with Crippen molar-refractivity contribution in [1.29, 1.82) is 0 Å². The number of rotatable bonds is 5. The van der Waals surface area contributed by atoms with Crippen LogP contribution in [0, 0.1) is 5.82 Å². The Morgan fingerprint density at radius 3 is 2.88 bits per heavy atom. The third kappa shape index (κ3) is 4.27. The highest BCUT2D eigenvalue weighted by atomic mass is 19.1. The van der Waals surface area contributed by atoms with E-state index in [0.29, 0.717) is 6.61 Å². The summed E-state index contributed by atoms with van der Waals surface area (Å²) in [5.74, 6) is -0.480. The molecule has 0 aliphatic heterocycles. The van der Waals surface area contributed by atoms with Gasteiger partial charge < -0.3 is 5.32 Å². The number of hydrogen-bond acceptors (Lipinski definition) is 2. The summed E-state index contributed by atoms with van der Waals surface area (Å²) in [5.41, 5.74) is 2.30. The highest BCUT2D eigenvalue weighted by Gasteiger charge is 2.04. The quantitative estimate of drug-likeness (QED) is 0.599. The highest BCUT2D eigenvalue weighted by Crippen LogP contribution is 2.11. The average molecular weight is 226 g/mol. The van der Waals surface area contributed by atoms with E-state index in [-0.39, 0.29) is 5.69 Å². The Morgan fingerprint density at radius 2 is 2.19 bits per heavy atom. The van der Waals surface area contributed by atoms with Gasteiger partial charge in [0.05, 0.1) is 12.3 Å². The van der Waals surface area contributed by atoms with E-state index in [1.165, 1.54) is 12.1 Å². The predicted molar refractivity (Wildman–Crippen MR) is 59.4 cm³/mol. The fourth-order valence-corrected chi connectivity index (χ4v) is 1.04. The second kappa shape index (κ2) is 6.79. The fraction of sp³-hybridized carbons (Fsp3) is 0.364. The molecule has 1 aromatic carbocycles. The third-order valence-corrected chi connectivity index (χ3v) is 1.89. The van der Waals surface area contributed by atoms with Crippen molar-refractivity contribution in [1.82, 2.24) is 5.48 Å². The van der Waals surface area contributed by atoms with Crippen LogP contribution in [-0.4, -0.2) is 12.6 Å². The molecule has 5 heteroatoms. The first-order valence-electron chi connectivity index (χ1n) is 5.17. The van der Waals surface area contributed by atoms with Crippen molar-refractivity contribution in [2.75, 3.05) is 11.9 Å². The van der Waals surface area contributed by atoms with E-state index in [9.17, 15) is 9.18 Å². The average Bonchev–Trinajstić information content (AvgIpc) is 2.28. The summed E-state index contributed by atoms with van der Waals surface area (Å²) in [6.07, 6.45) is 1.84. The van der Waals surface area contributed by atoms with E-state index in [2.05, 4.69) is 10.8 Å². The molecule has 0 aliphatic rings. The maximum absolute atomic E-state index is 13.1. The lowest BCUT2D eigenvalue weighted by Crippen LogP contribution is -2.29. The summed E-state index contributed by atoms with van der Waals surface area (Å²) >= 11 is 0. The van der Waals surface area contributed by atoms with Crippen LogP contribution in [-0.2, 0) is 4.84 Å². The number of hydroxylamine groups is 1. The number of para-hydroxylation sites is 1. The molecule has 1 aromatic rings. The monoisotopic (exact) mass is 226 g/mol. The first-order chi connectivity index (χ1) is 7.74. The molecule has 0 unspecified atom stereocenters. The molecule has 1 rings (SSSR count). The van der Waals surface area contributed by atoms with E-state index in [1.54, 1.807) is 12.1 Å². The standard InChI is InChI=1S/C11H15FN2O2/c1-2-3-8-16-14-11(15)13-10-7-5-4-6-9(10)12/h4-7H,2-3,8H2,1H3,(H2,13,14,15). The second-order valence-electron chi connectivity index (χ2n) is 3.24. The number of anilines is 1. The van der Waals surface area contributed by atoms with E-state index >= 15 is 0 Å². The van der Waals surface area contributed by atoms with Gasteiger partial charge in [-0.2, -0.15) is 0 Å². The van der Waals surface area contributed by atoms with Gasteiger partial charge in [-0.15, -0.1) is 0 Å². The summed E-state index contributed by atoms with van der Waals surface area (Å²) in [6.45, 7) is 2.46. The van der Waals surface area contributed by atoms with Gasteiger partial charge in [-0.1, -0.05) is 25.5 Å². The van der Waals surface area contributed by atoms with Gasteiger partial charge in [0.2, 0.25) is 0 Å². The Bertz CT molecular complexity index is 345. The van der Waals surface area contributed by atoms with Crippen LogP contribution in [0.2, 0.25) is 0 Å². The Morgan fingerprint density at radius 1 is 1.44 bits per heavy atom. The van der Waals surface area contributed by atoms with E-state index in [1.807, 2.05) is 6.92 Å². The Labute approximate surface area is 93.8 Å². The zero-order valence-corrected chi connectivity index (χ0v) is 9.13. The van der Waals surface area contributed by atoms with Gasteiger partial charge in [-0.05, 0) is 18.6 Å². The summed E-state index contributed by atoms with van der Waals surface area (Å²) in [4.78, 5) is 16.1. The minimum absolute atomic E-state index is 0.124. The van der Waals surface area contributed by atoms with Crippen LogP contribution in [0.3, 0.4) is 0 Å². The van der Waals surface area contributed by atoms with Gasteiger partial charge in [-0.3, -0.25) is 4.84 Å². The molecule has 16 heavy (non-hydrogen) atoms. The maximum atomic E-state index is 13.1. The van der Waals surface area contributed by atoms with Crippen LogP contribution < -0.4 is 10.8 Å². The minimum atomic E-state index is -0.582. The number of urea groups is 1. The lowest BCUT2D eigenvalue weighted by atomic mass is 10.3. The summed E-state index contributed by atoms with van der Waals surface area (Å²) in [7, 11) is 0. The molecule has 0 aliphatic carbocycles. The number of hydrogen-bond donors (Lipinski definition) is 2. The molecule has 4 nitrogen and oxygen atoms in total. The largest absolute Gasteiger partial charge is 0.343 e. The zero-order chi connectivity index (χ0) is 11.8. The van der Waals surface area contributed by atoms with Crippen LogP contribution in [0.15, 0.2) is 24.3 Å². The zero-order valence-electron chi connectivity index (χ0n) is 9.13. The molecule has 2 amide bonds. The normalized spacial score (nSPS) is 9.88. The lowest BCUT2D eigenvalue weighted by Gasteiger charge is -2.07. The third-order valence-electron chi connectivity index (χ3n) is 1.89. The van der Waals surface area contributed by atoms with Gasteiger partial charge in [0, 0.05) is 0 Å². The Kier molecular flexibility index (Phi) is 5.28. The van der Waals surface area contributed by atoms with Gasteiger partial charge in [-0.25, -0.2) is 14.7 Å². The number of amides is 2. The first kappa shape index (κ1) is 12.4. The molecule has 0 bridgehead atoms. The van der Waals surface area contributed by atoms with Crippen LogP contribution in [0.4, 0.5) is 14.9 Å². The van der Waals surface area contributed by atoms with Crippen molar-refractivity contribution >= 4 is 11.7 Å². The van der Waals surface area contributed by atoms with E-state index < -0.39 is 11.8 Å². The van der Waals surface area contributed by atoms with Crippen molar-refractivity contribution in [3.8, 4) is 0 Å². The van der Waals surface area contributed by atoms with E-state index in [0.717, 1.165) is 12.8 Å². The number of halogens is 1. The maximum Gasteiger partial charge on any atom is 0.343 e. The molecule has 0 aromatic heterocycles. The van der Waals surface area contributed by atoms with Gasteiger partial charge >= 0.3 is 6.03 Å². The first-order valence-corrected chi connectivity index (χ1v) is 5.17. The molecule has 2 N–H and O–H groups in total. The molecule has 0 radical (unpaired) electrons. The van der Waals surface area contributed by atoms with Crippen molar-refractivity contribution in [3.05, 3.63) is 30.1 Å². The van der Waals surface area contributed by atoms with Crippen LogP contribution in [0.25, 0.3) is 0 Å². The molecule has 0 saturated carbocycles. The Balaban J connectivity index is 2.32. The number of benzene rings is 1. The minimum Gasteiger partial charge on any atom is -0.303 e. The summed E-state index contributed by atoms with van der Waals surface area (Å²) < 4.78 is 13.1. The Hall–Kier alpha value is -1.62. The molecular weight excluding hydrogens is 211 g/mol. The molecule has 0 saturated heterocycles. The molecule has 0 spiro atoms. The van der Waals surface area contributed by atoms with E-state index in [4.69, 9.17) is 4.84 Å². The van der Waals surface area contributed by atoms with Crippen molar-refractivity contribution in [2.24, 2.45) is 0 Å². The highest BCUT2D eigenvalue weighted by molar-refractivity contribution is 5.88. The SMILES string of the molecule is CCCCONC(=O)Nc1ccccc1F. The van der Waals surface area contributed by atoms with Crippen LogP contribution >= 0.6 is 0 Å². The number of unbranched alkanes of at least 4 members (excludes halogenated alkanes) is 1. The van der Waals surface area contributed by atoms with Crippen molar-refractivity contribution in [3.63, 3.8) is 0 Å². The van der Waals surface area contributed by atoms with Gasteiger partial charge in [0.1, 0.15) is 5.82 Å². The second-order valence-corrected chi connectivity index (χ2v) is 3.24. The summed E-state index contributed by atoms with van der Waals surface area (Å²) in [5, 5.41) is 2.34. The van der Waals surface area contributed by atoms with Crippen molar-refractivity contribution < 1.29 is 14.0 Å². The molecule has 0 fully saturated rings. The number of carbonyl (C=O) groups is 1. The van der Waals surface area contributed by atoms with Crippen molar-refractivity contribution in [2.45, 2.75) is 19.8 Å². The fourth-order valence-electron chi connectivity index (χ4n) is 1.04. The van der Waals surface area contributed by atoms with Gasteiger partial charge in [0.25, 0.3) is 0 Å². The number of carbonyl (C=O) groups excluding carboxylic acids is 1. The molecule has 88 valence electrons. The van der Waals surface area contributed by atoms with Gasteiger partial charge in [0.15, 0.2) is 0 Å². The van der Waals surface area contributed by atoms with Crippen LogP contribution in [0.5, 0.6) is 0 Å². The van der Waals surface area contributed by atoms with Crippen LogP contribution in [0.1, 0.15) is 19.8 Å². The molecular formula is C11H15FN2O2.